The number of hydrogen-bond donors (Lipinski definition) is 0. The Labute approximate surface area is 159 Å². The van der Waals surface area contributed by atoms with Gasteiger partial charge in [0.2, 0.25) is 0 Å². The summed E-state index contributed by atoms with van der Waals surface area (Å²) in [6.45, 7) is -0.639. The summed E-state index contributed by atoms with van der Waals surface area (Å²) >= 11 is 0. The van der Waals surface area contributed by atoms with Crippen LogP contribution < -0.4 is 9.47 Å². The topological polar surface area (TPSA) is 68.6 Å². The summed E-state index contributed by atoms with van der Waals surface area (Å²) in [6.07, 6.45) is -2.00. The molecule has 0 bridgehead atoms. The van der Waals surface area contributed by atoms with Gasteiger partial charge in [0.15, 0.2) is 18.1 Å². The van der Waals surface area contributed by atoms with Gasteiger partial charge in [-0.25, -0.2) is 4.79 Å². The van der Waals surface area contributed by atoms with E-state index in [0.717, 1.165) is 12.1 Å². The van der Waals surface area contributed by atoms with Gasteiger partial charge in [-0.15, -0.1) is 0 Å². The van der Waals surface area contributed by atoms with Gasteiger partial charge in [0.05, 0.1) is 12.7 Å². The van der Waals surface area contributed by atoms with Gasteiger partial charge in [-0.3, -0.25) is 0 Å². The number of halogens is 3. The lowest BCUT2D eigenvalue weighted by molar-refractivity contribution is -0.143. The van der Waals surface area contributed by atoms with Crippen molar-refractivity contribution in [3.05, 3.63) is 65.2 Å². The van der Waals surface area contributed by atoms with Crippen LogP contribution in [0.2, 0.25) is 0 Å². The van der Waals surface area contributed by atoms with Crippen LogP contribution in [0.25, 0.3) is 6.08 Å². The number of carbonyl (C=O) groups is 1. The Morgan fingerprint density at radius 3 is 2.61 bits per heavy atom. The third-order valence-electron chi connectivity index (χ3n) is 3.58. The molecule has 2 aromatic rings. The minimum absolute atomic E-state index is 0.127. The molecule has 0 saturated carbocycles. The van der Waals surface area contributed by atoms with Crippen molar-refractivity contribution in [1.82, 2.24) is 0 Å². The van der Waals surface area contributed by atoms with Gasteiger partial charge < -0.3 is 14.2 Å². The molecule has 2 aromatic carbocycles. The summed E-state index contributed by atoms with van der Waals surface area (Å²) in [7, 11) is 1.43. The van der Waals surface area contributed by atoms with Crippen LogP contribution in [0.3, 0.4) is 0 Å². The fraction of sp³-hybridized carbons (Fsp3) is 0.200. The number of benzene rings is 2. The maximum absolute atomic E-state index is 12.9. The van der Waals surface area contributed by atoms with Crippen molar-refractivity contribution in [3.8, 4) is 17.6 Å². The number of nitriles is 1. The van der Waals surface area contributed by atoms with Crippen LogP contribution in [-0.4, -0.2) is 19.7 Å². The van der Waals surface area contributed by atoms with Crippen LogP contribution in [0, 0.1) is 11.3 Å². The van der Waals surface area contributed by atoms with Crippen molar-refractivity contribution < 1.29 is 32.2 Å². The lowest BCUT2D eigenvalue weighted by atomic mass is 10.1. The molecule has 0 atom stereocenters. The van der Waals surface area contributed by atoms with Crippen LogP contribution in [0.15, 0.2) is 48.5 Å². The smallest absolute Gasteiger partial charge is 0.416 e. The second kappa shape index (κ2) is 9.46. The monoisotopic (exact) mass is 391 g/mol. The standard InChI is InChI=1S/C20H16F3NO4/c1-26-18-12-14(6-8-17(18)27-11-10-24)7-9-19(25)28-13-15-4-2-3-5-16(15)20(21,22)23/h2-9,12H,11,13H2,1H3/b9-7+. The molecule has 0 spiro atoms. The molecule has 0 fully saturated rings. The predicted octanol–water partition coefficient (Wildman–Crippen LogP) is 4.37. The Morgan fingerprint density at radius 1 is 1.18 bits per heavy atom. The Balaban J connectivity index is 2.02. The highest BCUT2D eigenvalue weighted by atomic mass is 19.4. The molecule has 0 unspecified atom stereocenters. The maximum atomic E-state index is 12.9. The summed E-state index contributed by atoms with van der Waals surface area (Å²) in [5.74, 6) is -0.0573. The quantitative estimate of drug-likeness (QED) is 0.518. The summed E-state index contributed by atoms with van der Waals surface area (Å²) in [4.78, 5) is 11.8. The molecule has 146 valence electrons. The van der Waals surface area contributed by atoms with E-state index in [4.69, 9.17) is 19.5 Å². The molecule has 0 radical (unpaired) electrons. The number of esters is 1. The lowest BCUT2D eigenvalue weighted by Gasteiger charge is -2.12. The van der Waals surface area contributed by atoms with E-state index < -0.39 is 24.3 Å². The fourth-order valence-corrected chi connectivity index (χ4v) is 2.30. The molecule has 0 aromatic heterocycles. The fourth-order valence-electron chi connectivity index (χ4n) is 2.30. The van der Waals surface area contributed by atoms with Crippen molar-refractivity contribution >= 4 is 12.0 Å². The SMILES string of the molecule is COc1cc(/C=C/C(=O)OCc2ccccc2C(F)(F)F)ccc1OCC#N. The summed E-state index contributed by atoms with van der Waals surface area (Å²) in [6, 6.07) is 11.5. The Morgan fingerprint density at radius 2 is 1.93 bits per heavy atom. The van der Waals surface area contributed by atoms with Crippen molar-refractivity contribution in [3.63, 3.8) is 0 Å². The molecule has 0 heterocycles. The van der Waals surface area contributed by atoms with Crippen molar-refractivity contribution in [2.24, 2.45) is 0 Å². The minimum Gasteiger partial charge on any atom is -0.493 e. The van der Waals surface area contributed by atoms with Gasteiger partial charge >= 0.3 is 12.1 Å². The summed E-state index contributed by atoms with van der Waals surface area (Å²) < 4.78 is 54.0. The molecule has 0 N–H and O–H groups in total. The van der Waals surface area contributed by atoms with Crippen molar-refractivity contribution in [2.45, 2.75) is 12.8 Å². The van der Waals surface area contributed by atoms with Crippen LogP contribution in [0.4, 0.5) is 13.2 Å². The van der Waals surface area contributed by atoms with Crippen LogP contribution in [0.1, 0.15) is 16.7 Å². The molecular weight excluding hydrogens is 375 g/mol. The first kappa shape index (κ1) is 20.8. The molecule has 0 aliphatic carbocycles. The molecule has 8 heteroatoms. The van der Waals surface area contributed by atoms with Crippen molar-refractivity contribution in [2.75, 3.05) is 13.7 Å². The van der Waals surface area contributed by atoms with Crippen LogP contribution in [-0.2, 0) is 22.3 Å². The number of methoxy groups -OCH3 is 1. The number of carbonyl (C=O) groups excluding carboxylic acids is 1. The second-order valence-corrected chi connectivity index (χ2v) is 5.45. The van der Waals surface area contributed by atoms with E-state index in [1.54, 1.807) is 18.2 Å². The van der Waals surface area contributed by atoms with Gasteiger partial charge in [0.25, 0.3) is 0 Å². The van der Waals surface area contributed by atoms with E-state index >= 15 is 0 Å². The third-order valence-corrected chi connectivity index (χ3v) is 3.58. The summed E-state index contributed by atoms with van der Waals surface area (Å²) in [5.41, 5.74) is -0.393. The number of alkyl halides is 3. The van der Waals surface area contributed by atoms with E-state index in [9.17, 15) is 18.0 Å². The number of rotatable bonds is 7. The Hall–Kier alpha value is -3.47. The van der Waals surface area contributed by atoms with Crippen LogP contribution in [0.5, 0.6) is 11.5 Å². The maximum Gasteiger partial charge on any atom is 0.416 e. The number of ether oxygens (including phenoxy) is 3. The van der Waals surface area contributed by atoms with E-state index in [0.29, 0.717) is 17.1 Å². The first-order valence-corrected chi connectivity index (χ1v) is 8.03. The van der Waals surface area contributed by atoms with Gasteiger partial charge in [-0.05, 0) is 29.8 Å². The molecule has 28 heavy (non-hydrogen) atoms. The van der Waals surface area contributed by atoms with Gasteiger partial charge in [0, 0.05) is 11.6 Å². The Kier molecular flexibility index (Phi) is 7.04. The van der Waals surface area contributed by atoms with Crippen molar-refractivity contribution in [1.29, 1.82) is 5.26 Å². The molecule has 0 saturated heterocycles. The van der Waals surface area contributed by atoms with Gasteiger partial charge in [0.1, 0.15) is 12.7 Å². The summed E-state index contributed by atoms with van der Waals surface area (Å²) in [5, 5.41) is 8.54. The van der Waals surface area contributed by atoms with E-state index in [-0.39, 0.29) is 12.2 Å². The van der Waals surface area contributed by atoms with E-state index in [1.807, 2.05) is 6.07 Å². The highest BCUT2D eigenvalue weighted by molar-refractivity contribution is 5.87. The number of hydrogen-bond acceptors (Lipinski definition) is 5. The highest BCUT2D eigenvalue weighted by Gasteiger charge is 2.33. The second-order valence-electron chi connectivity index (χ2n) is 5.45. The molecule has 5 nitrogen and oxygen atoms in total. The van der Waals surface area contributed by atoms with Gasteiger partial charge in [-0.2, -0.15) is 18.4 Å². The van der Waals surface area contributed by atoms with Crippen LogP contribution >= 0.6 is 0 Å². The Bertz CT molecular complexity index is 901. The normalized spacial score (nSPS) is 11.1. The molecule has 0 aliphatic rings. The number of nitrogens with zero attached hydrogens (tertiary/aromatic N) is 1. The molecule has 2 rings (SSSR count). The molecule has 0 aliphatic heterocycles. The zero-order valence-corrected chi connectivity index (χ0v) is 14.8. The first-order valence-electron chi connectivity index (χ1n) is 8.03. The zero-order chi connectivity index (χ0) is 20.6. The molecular formula is C20H16F3NO4. The predicted molar refractivity (Wildman–Crippen MR) is 94.4 cm³/mol. The minimum atomic E-state index is -4.52. The largest absolute Gasteiger partial charge is 0.493 e. The third kappa shape index (κ3) is 5.77. The first-order chi connectivity index (χ1) is 13.3. The van der Waals surface area contributed by atoms with E-state index in [1.165, 1.54) is 31.4 Å². The molecule has 0 amide bonds. The van der Waals surface area contributed by atoms with Gasteiger partial charge in [-0.1, -0.05) is 24.3 Å². The lowest BCUT2D eigenvalue weighted by Crippen LogP contribution is -2.11. The average molecular weight is 391 g/mol. The average Bonchev–Trinajstić information content (AvgIpc) is 2.68. The highest BCUT2D eigenvalue weighted by Crippen LogP contribution is 2.32. The van der Waals surface area contributed by atoms with E-state index in [2.05, 4.69) is 0 Å². The zero-order valence-electron chi connectivity index (χ0n) is 14.8.